The molecule has 0 aliphatic heterocycles. The molecule has 0 aliphatic rings. The molecule has 0 radical (unpaired) electrons. The highest BCUT2D eigenvalue weighted by molar-refractivity contribution is 5.93. The maximum absolute atomic E-state index is 12.2. The molecule has 3 rings (SSSR count). The zero-order valence-corrected chi connectivity index (χ0v) is 16.3. The number of carbonyl (C=O) groups is 1. The first kappa shape index (κ1) is 19.9. The molecule has 0 aliphatic carbocycles. The van der Waals surface area contributed by atoms with Crippen LogP contribution in [0.3, 0.4) is 0 Å². The van der Waals surface area contributed by atoms with Crippen LogP contribution in [0.15, 0.2) is 48.9 Å². The molecule has 2 aromatic heterocycles. The highest BCUT2D eigenvalue weighted by Crippen LogP contribution is 2.40. The predicted octanol–water partition coefficient (Wildman–Crippen LogP) is 2.57. The van der Waals surface area contributed by atoms with Crippen LogP contribution in [0.1, 0.15) is 16.1 Å². The Morgan fingerprint density at radius 3 is 2.21 bits per heavy atom. The van der Waals surface area contributed by atoms with E-state index in [1.54, 1.807) is 18.3 Å². The first-order chi connectivity index (χ1) is 14.1. The lowest BCUT2D eigenvalue weighted by Gasteiger charge is -2.14. The summed E-state index contributed by atoms with van der Waals surface area (Å²) in [5.74, 6) is 1.52. The quantitative estimate of drug-likeness (QED) is 0.599. The summed E-state index contributed by atoms with van der Waals surface area (Å²) in [6, 6.07) is 8.98. The van der Waals surface area contributed by atoms with E-state index in [9.17, 15) is 4.79 Å². The van der Waals surface area contributed by atoms with Crippen LogP contribution in [-0.4, -0.2) is 42.2 Å². The molecule has 0 saturated carbocycles. The van der Waals surface area contributed by atoms with Crippen molar-refractivity contribution in [2.45, 2.75) is 6.54 Å². The van der Waals surface area contributed by atoms with Crippen molar-refractivity contribution >= 4 is 17.5 Å². The third kappa shape index (κ3) is 4.89. The van der Waals surface area contributed by atoms with Crippen molar-refractivity contribution < 1.29 is 19.0 Å². The van der Waals surface area contributed by atoms with Gasteiger partial charge < -0.3 is 24.8 Å². The van der Waals surface area contributed by atoms with Crippen LogP contribution < -0.4 is 24.8 Å². The summed E-state index contributed by atoms with van der Waals surface area (Å²) in [6.07, 6.45) is 4.57. The summed E-state index contributed by atoms with van der Waals surface area (Å²) < 4.78 is 16.0. The number of nitrogens with zero attached hydrogens (tertiary/aromatic N) is 3. The molecule has 150 valence electrons. The van der Waals surface area contributed by atoms with Crippen LogP contribution >= 0.6 is 0 Å². The number of anilines is 2. The van der Waals surface area contributed by atoms with Crippen molar-refractivity contribution in [2.75, 3.05) is 26.6 Å². The number of carbonyl (C=O) groups excluding carboxylic acids is 1. The minimum atomic E-state index is -0.282. The number of benzene rings is 1. The van der Waals surface area contributed by atoms with Gasteiger partial charge in [-0.2, -0.15) is 0 Å². The fourth-order valence-electron chi connectivity index (χ4n) is 2.57. The van der Waals surface area contributed by atoms with E-state index in [0.29, 0.717) is 41.0 Å². The summed E-state index contributed by atoms with van der Waals surface area (Å²) in [6.45, 7) is 0.325. The van der Waals surface area contributed by atoms with Gasteiger partial charge in [0.2, 0.25) is 11.7 Å². The lowest BCUT2D eigenvalue weighted by atomic mass is 10.2. The van der Waals surface area contributed by atoms with Crippen molar-refractivity contribution in [1.29, 1.82) is 0 Å². The van der Waals surface area contributed by atoms with Crippen molar-refractivity contribution in [3.63, 3.8) is 0 Å². The van der Waals surface area contributed by atoms with E-state index < -0.39 is 0 Å². The highest BCUT2D eigenvalue weighted by Gasteiger charge is 2.14. The van der Waals surface area contributed by atoms with E-state index in [1.807, 2.05) is 18.2 Å². The number of nitrogens with one attached hydrogen (secondary N) is 2. The Labute approximate surface area is 168 Å². The topological polar surface area (TPSA) is 107 Å². The summed E-state index contributed by atoms with van der Waals surface area (Å²) in [4.78, 5) is 24.8. The normalized spacial score (nSPS) is 10.2. The molecule has 0 spiro atoms. The van der Waals surface area contributed by atoms with Gasteiger partial charge in [0.05, 0.1) is 39.1 Å². The van der Waals surface area contributed by atoms with Crippen molar-refractivity contribution in [2.24, 2.45) is 0 Å². The maximum Gasteiger partial charge on any atom is 0.254 e. The van der Waals surface area contributed by atoms with Gasteiger partial charge in [-0.15, -0.1) is 0 Å². The summed E-state index contributed by atoms with van der Waals surface area (Å²) in [5.41, 5.74) is 1.76. The lowest BCUT2D eigenvalue weighted by molar-refractivity contribution is 0.0949. The van der Waals surface area contributed by atoms with Gasteiger partial charge in [0.1, 0.15) is 0 Å². The van der Waals surface area contributed by atoms with E-state index >= 15 is 0 Å². The number of aromatic nitrogens is 3. The third-order valence-corrected chi connectivity index (χ3v) is 3.99. The highest BCUT2D eigenvalue weighted by atomic mass is 16.5. The lowest BCUT2D eigenvalue weighted by Crippen LogP contribution is -2.23. The molecule has 9 nitrogen and oxygen atoms in total. The molecule has 0 unspecified atom stereocenters. The molecule has 0 fully saturated rings. The minimum absolute atomic E-state index is 0.282. The molecule has 9 heteroatoms. The van der Waals surface area contributed by atoms with Gasteiger partial charge in [-0.05, 0) is 12.1 Å². The van der Waals surface area contributed by atoms with Gasteiger partial charge in [0.25, 0.3) is 5.91 Å². The van der Waals surface area contributed by atoms with Crippen LogP contribution in [0, 0.1) is 0 Å². The maximum atomic E-state index is 12.2. The van der Waals surface area contributed by atoms with E-state index in [-0.39, 0.29) is 5.91 Å². The summed E-state index contributed by atoms with van der Waals surface area (Å²) in [7, 11) is 4.61. The second-order valence-corrected chi connectivity index (χ2v) is 5.84. The van der Waals surface area contributed by atoms with Crippen molar-refractivity contribution in [3.8, 4) is 17.2 Å². The molecule has 2 N–H and O–H groups in total. The standard InChI is InChI=1S/C20H21N5O4/c1-27-16-8-15(9-17(28-2)18(16)29-3)25-20-23-10-13(11-24-20)19(26)22-12-14-6-4-5-7-21-14/h4-11H,12H2,1-3H3,(H,22,26)(H,23,24,25). The van der Waals surface area contributed by atoms with Gasteiger partial charge >= 0.3 is 0 Å². The smallest absolute Gasteiger partial charge is 0.254 e. The first-order valence-corrected chi connectivity index (χ1v) is 8.71. The number of rotatable bonds is 8. The largest absolute Gasteiger partial charge is 0.493 e. The molecule has 1 aromatic carbocycles. The van der Waals surface area contributed by atoms with Crippen molar-refractivity contribution in [1.82, 2.24) is 20.3 Å². The SMILES string of the molecule is COc1cc(Nc2ncc(C(=O)NCc3ccccn3)cn2)cc(OC)c1OC. The molecular formula is C20H21N5O4. The molecule has 0 atom stereocenters. The van der Waals surface area contributed by atoms with Crippen LogP contribution in [-0.2, 0) is 6.54 Å². The Hall–Kier alpha value is -3.88. The van der Waals surface area contributed by atoms with Gasteiger partial charge in [0, 0.05) is 36.4 Å². The minimum Gasteiger partial charge on any atom is -0.493 e. The molecule has 29 heavy (non-hydrogen) atoms. The Kier molecular flexibility index (Phi) is 6.41. The van der Waals surface area contributed by atoms with Crippen LogP contribution in [0.25, 0.3) is 0 Å². The second kappa shape index (κ2) is 9.36. The Bertz CT molecular complexity index is 939. The van der Waals surface area contributed by atoms with Crippen LogP contribution in [0.4, 0.5) is 11.6 Å². The van der Waals surface area contributed by atoms with E-state index in [2.05, 4.69) is 25.6 Å². The zero-order valence-electron chi connectivity index (χ0n) is 16.3. The number of hydrogen-bond donors (Lipinski definition) is 2. The second-order valence-electron chi connectivity index (χ2n) is 5.84. The molecule has 1 amide bonds. The first-order valence-electron chi connectivity index (χ1n) is 8.71. The Morgan fingerprint density at radius 2 is 1.66 bits per heavy atom. The van der Waals surface area contributed by atoms with Gasteiger partial charge in [-0.1, -0.05) is 6.07 Å². The molecule has 0 saturated heterocycles. The van der Waals surface area contributed by atoms with Crippen LogP contribution in [0.5, 0.6) is 17.2 Å². The zero-order chi connectivity index (χ0) is 20.6. The average Bonchev–Trinajstić information content (AvgIpc) is 2.77. The molecule has 0 bridgehead atoms. The molecular weight excluding hydrogens is 374 g/mol. The number of hydrogen-bond acceptors (Lipinski definition) is 8. The number of methoxy groups -OCH3 is 3. The average molecular weight is 395 g/mol. The monoisotopic (exact) mass is 395 g/mol. The van der Waals surface area contributed by atoms with Crippen LogP contribution in [0.2, 0.25) is 0 Å². The van der Waals surface area contributed by atoms with E-state index in [1.165, 1.54) is 33.7 Å². The molecule has 3 aromatic rings. The van der Waals surface area contributed by atoms with Crippen molar-refractivity contribution in [3.05, 3.63) is 60.2 Å². The van der Waals surface area contributed by atoms with E-state index in [4.69, 9.17) is 14.2 Å². The summed E-state index contributed by atoms with van der Waals surface area (Å²) in [5, 5.41) is 5.83. The predicted molar refractivity (Wildman–Crippen MR) is 107 cm³/mol. The third-order valence-electron chi connectivity index (χ3n) is 3.99. The fraction of sp³-hybridized carbons (Fsp3) is 0.200. The number of ether oxygens (including phenoxy) is 3. The summed E-state index contributed by atoms with van der Waals surface area (Å²) >= 11 is 0. The van der Waals surface area contributed by atoms with Gasteiger partial charge in [0.15, 0.2) is 11.5 Å². The fourth-order valence-corrected chi connectivity index (χ4v) is 2.57. The van der Waals surface area contributed by atoms with Gasteiger partial charge in [-0.25, -0.2) is 9.97 Å². The van der Waals surface area contributed by atoms with Gasteiger partial charge in [-0.3, -0.25) is 9.78 Å². The molecule has 2 heterocycles. The number of amides is 1. The Balaban J connectivity index is 1.68. The Morgan fingerprint density at radius 1 is 0.966 bits per heavy atom. The number of pyridine rings is 1. The van der Waals surface area contributed by atoms with E-state index in [0.717, 1.165) is 5.69 Å².